The fourth-order valence-electron chi connectivity index (χ4n) is 2.95. The van der Waals surface area contributed by atoms with Crippen molar-refractivity contribution in [1.29, 1.82) is 0 Å². The van der Waals surface area contributed by atoms with Gasteiger partial charge in [0.1, 0.15) is 5.78 Å². The van der Waals surface area contributed by atoms with Gasteiger partial charge >= 0.3 is 0 Å². The van der Waals surface area contributed by atoms with E-state index in [0.717, 1.165) is 32.5 Å². The van der Waals surface area contributed by atoms with Crippen molar-refractivity contribution in [3.05, 3.63) is 0 Å². The predicted octanol–water partition coefficient (Wildman–Crippen LogP) is 2.39. The highest BCUT2D eigenvalue weighted by molar-refractivity contribution is 5.79. The lowest BCUT2D eigenvalue weighted by molar-refractivity contribution is -0.123. The van der Waals surface area contributed by atoms with E-state index in [4.69, 9.17) is 4.74 Å². The average molecular weight is 239 g/mol. The van der Waals surface area contributed by atoms with Gasteiger partial charge in [-0.1, -0.05) is 19.3 Å². The van der Waals surface area contributed by atoms with Crippen molar-refractivity contribution in [2.45, 2.75) is 64.0 Å². The normalized spacial score (nSPS) is 28.5. The number of rotatable bonds is 4. The molecule has 0 spiro atoms. The number of ether oxygens (including phenoxy) is 1. The highest BCUT2D eigenvalue weighted by Crippen LogP contribution is 2.20. The SMILES string of the molecule is CC1CC(=O)CCN1CCOC1CCCCC1. The minimum absolute atomic E-state index is 0.409. The smallest absolute Gasteiger partial charge is 0.135 e. The van der Waals surface area contributed by atoms with Crippen molar-refractivity contribution in [2.75, 3.05) is 19.7 Å². The highest BCUT2D eigenvalue weighted by Gasteiger charge is 2.23. The summed E-state index contributed by atoms with van der Waals surface area (Å²) in [5.41, 5.74) is 0. The number of carbonyl (C=O) groups excluding carboxylic acids is 1. The fourth-order valence-corrected chi connectivity index (χ4v) is 2.95. The van der Waals surface area contributed by atoms with Gasteiger partial charge in [0.05, 0.1) is 12.7 Å². The van der Waals surface area contributed by atoms with E-state index in [9.17, 15) is 4.79 Å². The first-order valence-corrected chi connectivity index (χ1v) is 7.13. The summed E-state index contributed by atoms with van der Waals surface area (Å²) in [6.45, 7) is 4.90. The van der Waals surface area contributed by atoms with Crippen LogP contribution in [0.4, 0.5) is 0 Å². The molecule has 0 aromatic rings. The van der Waals surface area contributed by atoms with Crippen molar-refractivity contribution in [2.24, 2.45) is 0 Å². The number of likely N-dealkylation sites (tertiary alicyclic amines) is 1. The molecule has 0 bridgehead atoms. The summed E-state index contributed by atoms with van der Waals surface area (Å²) in [5.74, 6) is 0.418. The Kier molecular flexibility index (Phi) is 4.99. The third-order valence-electron chi connectivity index (χ3n) is 4.11. The lowest BCUT2D eigenvalue weighted by Crippen LogP contribution is -2.43. The van der Waals surface area contributed by atoms with Crippen molar-refractivity contribution in [3.8, 4) is 0 Å². The van der Waals surface area contributed by atoms with Crippen LogP contribution in [0.1, 0.15) is 51.9 Å². The lowest BCUT2D eigenvalue weighted by atomic mass is 9.98. The van der Waals surface area contributed by atoms with Crippen LogP contribution < -0.4 is 0 Å². The summed E-state index contributed by atoms with van der Waals surface area (Å²) < 4.78 is 5.93. The molecule has 1 unspecified atom stereocenters. The highest BCUT2D eigenvalue weighted by atomic mass is 16.5. The number of hydrogen-bond donors (Lipinski definition) is 0. The maximum Gasteiger partial charge on any atom is 0.135 e. The number of hydrogen-bond acceptors (Lipinski definition) is 3. The molecule has 2 fully saturated rings. The van der Waals surface area contributed by atoms with Gasteiger partial charge in [0.2, 0.25) is 0 Å². The van der Waals surface area contributed by atoms with Gasteiger partial charge in [0.25, 0.3) is 0 Å². The molecule has 0 N–H and O–H groups in total. The van der Waals surface area contributed by atoms with Gasteiger partial charge in [-0.2, -0.15) is 0 Å². The first kappa shape index (κ1) is 13.0. The van der Waals surface area contributed by atoms with Crippen LogP contribution in [0.5, 0.6) is 0 Å². The number of piperidine rings is 1. The third-order valence-corrected chi connectivity index (χ3v) is 4.11. The number of ketones is 1. The van der Waals surface area contributed by atoms with Gasteiger partial charge < -0.3 is 4.74 Å². The van der Waals surface area contributed by atoms with E-state index in [2.05, 4.69) is 11.8 Å². The fraction of sp³-hybridized carbons (Fsp3) is 0.929. The quantitative estimate of drug-likeness (QED) is 0.754. The maximum absolute atomic E-state index is 11.3. The Morgan fingerprint density at radius 1 is 1.29 bits per heavy atom. The van der Waals surface area contributed by atoms with E-state index < -0.39 is 0 Å². The van der Waals surface area contributed by atoms with Crippen molar-refractivity contribution < 1.29 is 9.53 Å². The van der Waals surface area contributed by atoms with Crippen LogP contribution >= 0.6 is 0 Å². The third kappa shape index (κ3) is 4.07. The molecule has 0 aromatic heterocycles. The Labute approximate surface area is 105 Å². The molecule has 1 aliphatic heterocycles. The summed E-state index contributed by atoms with van der Waals surface area (Å²) >= 11 is 0. The lowest BCUT2D eigenvalue weighted by Gasteiger charge is -2.33. The molecule has 3 nitrogen and oxygen atoms in total. The van der Waals surface area contributed by atoms with Crippen LogP contribution in [0.3, 0.4) is 0 Å². The minimum atomic E-state index is 0.409. The van der Waals surface area contributed by atoms with E-state index >= 15 is 0 Å². The topological polar surface area (TPSA) is 29.5 Å². The molecule has 0 amide bonds. The summed E-state index contributed by atoms with van der Waals surface area (Å²) in [6.07, 6.45) is 8.49. The number of Topliss-reactive ketones (excluding diaryl/α,β-unsaturated/α-hetero) is 1. The molecule has 17 heavy (non-hydrogen) atoms. The molecule has 0 radical (unpaired) electrons. The average Bonchev–Trinajstić information content (AvgIpc) is 2.33. The minimum Gasteiger partial charge on any atom is -0.377 e. The molecule has 1 aliphatic carbocycles. The van der Waals surface area contributed by atoms with Crippen molar-refractivity contribution in [3.63, 3.8) is 0 Å². The Morgan fingerprint density at radius 3 is 2.76 bits per heavy atom. The zero-order chi connectivity index (χ0) is 12.1. The van der Waals surface area contributed by atoms with Crippen LogP contribution in [0.2, 0.25) is 0 Å². The van der Waals surface area contributed by atoms with Crippen LogP contribution in [0.25, 0.3) is 0 Å². The Morgan fingerprint density at radius 2 is 2.06 bits per heavy atom. The standard InChI is InChI=1S/C14H25NO2/c1-12-11-13(16)7-8-15(12)9-10-17-14-5-3-2-4-6-14/h12,14H,2-11H2,1H3. The Balaban J connectivity index is 1.62. The Hall–Kier alpha value is -0.410. The van der Waals surface area contributed by atoms with Crippen LogP contribution in [0.15, 0.2) is 0 Å². The molecule has 1 atom stereocenters. The molecule has 2 aliphatic rings. The molecule has 1 saturated carbocycles. The summed E-state index contributed by atoms with van der Waals surface area (Å²) in [5, 5.41) is 0. The van der Waals surface area contributed by atoms with Crippen molar-refractivity contribution >= 4 is 5.78 Å². The second kappa shape index (κ2) is 6.50. The second-order valence-corrected chi connectivity index (χ2v) is 5.51. The van der Waals surface area contributed by atoms with E-state index in [1.54, 1.807) is 0 Å². The van der Waals surface area contributed by atoms with Gasteiger partial charge in [-0.15, -0.1) is 0 Å². The number of nitrogens with zero attached hydrogens (tertiary/aromatic N) is 1. The van der Waals surface area contributed by atoms with Gasteiger partial charge in [0.15, 0.2) is 0 Å². The van der Waals surface area contributed by atoms with E-state index in [1.807, 2.05) is 0 Å². The van der Waals surface area contributed by atoms with E-state index in [-0.39, 0.29) is 0 Å². The second-order valence-electron chi connectivity index (χ2n) is 5.51. The molecule has 1 saturated heterocycles. The van der Waals surface area contributed by atoms with Crippen molar-refractivity contribution in [1.82, 2.24) is 4.90 Å². The summed E-state index contributed by atoms with van der Waals surface area (Å²) in [7, 11) is 0. The molecule has 2 rings (SSSR count). The maximum atomic E-state index is 11.3. The molecule has 3 heteroatoms. The van der Waals surface area contributed by atoms with Crippen LogP contribution in [-0.2, 0) is 9.53 Å². The van der Waals surface area contributed by atoms with E-state index in [0.29, 0.717) is 17.9 Å². The van der Waals surface area contributed by atoms with Gasteiger partial charge in [0, 0.05) is 32.0 Å². The largest absolute Gasteiger partial charge is 0.377 e. The van der Waals surface area contributed by atoms with Gasteiger partial charge in [-0.25, -0.2) is 0 Å². The zero-order valence-electron chi connectivity index (χ0n) is 11.0. The monoisotopic (exact) mass is 239 g/mol. The molecule has 98 valence electrons. The first-order chi connectivity index (χ1) is 8.25. The molecule has 1 heterocycles. The Bertz CT molecular complexity index is 249. The molecular formula is C14H25NO2. The van der Waals surface area contributed by atoms with Gasteiger partial charge in [-0.3, -0.25) is 9.69 Å². The van der Waals surface area contributed by atoms with E-state index in [1.165, 1.54) is 32.1 Å². The summed E-state index contributed by atoms with van der Waals surface area (Å²) in [6, 6.07) is 0.409. The molecule has 0 aromatic carbocycles. The zero-order valence-corrected chi connectivity index (χ0v) is 11.0. The molecular weight excluding hydrogens is 214 g/mol. The first-order valence-electron chi connectivity index (χ1n) is 7.13. The van der Waals surface area contributed by atoms with Gasteiger partial charge in [-0.05, 0) is 19.8 Å². The van der Waals surface area contributed by atoms with Crippen LogP contribution in [-0.4, -0.2) is 42.5 Å². The predicted molar refractivity (Wildman–Crippen MR) is 68.1 cm³/mol. The number of carbonyl (C=O) groups is 1. The van der Waals surface area contributed by atoms with Crippen LogP contribution in [0, 0.1) is 0 Å². The summed E-state index contributed by atoms with van der Waals surface area (Å²) in [4.78, 5) is 13.7.